The first-order chi connectivity index (χ1) is 10.9. The number of fused-ring (bicyclic) bond motifs is 1. The molecule has 2 unspecified atom stereocenters. The summed E-state index contributed by atoms with van der Waals surface area (Å²) in [5.74, 6) is -1.14. The van der Waals surface area contributed by atoms with Gasteiger partial charge in [0, 0.05) is 35.4 Å². The summed E-state index contributed by atoms with van der Waals surface area (Å²) in [5, 5.41) is 13.1. The van der Waals surface area contributed by atoms with E-state index >= 15 is 0 Å². The second-order valence-corrected chi connectivity index (χ2v) is 6.47. The van der Waals surface area contributed by atoms with Gasteiger partial charge in [0.1, 0.15) is 0 Å². The predicted octanol–water partition coefficient (Wildman–Crippen LogP) is 3.05. The summed E-state index contributed by atoms with van der Waals surface area (Å²) in [7, 11) is 0. The van der Waals surface area contributed by atoms with E-state index < -0.39 is 11.9 Å². The maximum Gasteiger partial charge on any atom is 0.321 e. The van der Waals surface area contributed by atoms with Gasteiger partial charge in [-0.15, -0.1) is 0 Å². The third kappa shape index (κ3) is 3.31. The van der Waals surface area contributed by atoms with Gasteiger partial charge in [-0.2, -0.15) is 0 Å². The highest BCUT2D eigenvalue weighted by atomic mass is 16.4. The molecule has 3 rings (SSSR count). The number of hydrogen-bond acceptors (Lipinski definition) is 2. The van der Waals surface area contributed by atoms with Gasteiger partial charge >= 0.3 is 12.0 Å². The molecule has 1 saturated heterocycles. The zero-order valence-electron chi connectivity index (χ0n) is 13.3. The number of rotatable bonds is 2. The summed E-state index contributed by atoms with van der Waals surface area (Å²) in [4.78, 5) is 28.5. The predicted molar refractivity (Wildman–Crippen MR) is 88.5 cm³/mol. The van der Waals surface area contributed by atoms with Crippen molar-refractivity contribution in [3.05, 3.63) is 30.0 Å². The first-order valence-electron chi connectivity index (χ1n) is 7.80. The number of piperidine rings is 1. The van der Waals surface area contributed by atoms with Gasteiger partial charge in [0.25, 0.3) is 0 Å². The Morgan fingerprint density at radius 2 is 2.09 bits per heavy atom. The van der Waals surface area contributed by atoms with Crippen molar-refractivity contribution in [1.82, 2.24) is 9.88 Å². The second kappa shape index (κ2) is 5.95. The van der Waals surface area contributed by atoms with E-state index in [0.29, 0.717) is 18.7 Å². The van der Waals surface area contributed by atoms with Gasteiger partial charge in [-0.25, -0.2) is 4.79 Å². The molecule has 1 aliphatic heterocycles. The van der Waals surface area contributed by atoms with Gasteiger partial charge in [-0.1, -0.05) is 6.92 Å². The Kier molecular flexibility index (Phi) is 3.98. The number of carboxylic acids is 1. The van der Waals surface area contributed by atoms with Crippen molar-refractivity contribution in [2.75, 3.05) is 18.4 Å². The number of benzene rings is 1. The minimum atomic E-state index is -0.835. The van der Waals surface area contributed by atoms with Gasteiger partial charge in [-0.05, 0) is 43.5 Å². The molecule has 23 heavy (non-hydrogen) atoms. The quantitative estimate of drug-likeness (QED) is 0.796. The minimum absolute atomic E-state index is 0.186. The van der Waals surface area contributed by atoms with Crippen LogP contribution in [-0.4, -0.2) is 40.1 Å². The molecule has 2 atom stereocenters. The number of anilines is 1. The van der Waals surface area contributed by atoms with Crippen LogP contribution in [0.5, 0.6) is 0 Å². The van der Waals surface area contributed by atoms with Crippen molar-refractivity contribution < 1.29 is 14.7 Å². The Morgan fingerprint density at radius 1 is 1.30 bits per heavy atom. The van der Waals surface area contributed by atoms with E-state index in [4.69, 9.17) is 0 Å². The molecule has 2 heterocycles. The monoisotopic (exact) mass is 315 g/mol. The lowest BCUT2D eigenvalue weighted by Crippen LogP contribution is -2.47. The highest BCUT2D eigenvalue weighted by Gasteiger charge is 2.31. The molecule has 122 valence electrons. The van der Waals surface area contributed by atoms with Crippen LogP contribution in [0.15, 0.2) is 24.3 Å². The Hall–Kier alpha value is -2.50. The van der Waals surface area contributed by atoms with Gasteiger partial charge in [0.2, 0.25) is 0 Å². The molecule has 0 radical (unpaired) electrons. The van der Waals surface area contributed by atoms with Crippen LogP contribution in [0.4, 0.5) is 10.5 Å². The number of hydrogen-bond donors (Lipinski definition) is 3. The number of carbonyl (C=O) groups excluding carboxylic acids is 1. The third-order valence-corrected chi connectivity index (χ3v) is 4.30. The number of aliphatic carboxylic acids is 1. The summed E-state index contributed by atoms with van der Waals surface area (Å²) < 4.78 is 0. The highest BCUT2D eigenvalue weighted by molar-refractivity contribution is 5.93. The largest absolute Gasteiger partial charge is 0.481 e. The molecule has 0 spiro atoms. The Morgan fingerprint density at radius 3 is 2.83 bits per heavy atom. The average Bonchev–Trinajstić information content (AvgIpc) is 2.85. The normalized spacial score (nSPS) is 21.4. The van der Waals surface area contributed by atoms with E-state index in [1.807, 2.05) is 38.1 Å². The molecule has 0 bridgehead atoms. The van der Waals surface area contributed by atoms with Gasteiger partial charge in [0.05, 0.1) is 5.92 Å². The molecule has 1 aromatic heterocycles. The van der Waals surface area contributed by atoms with Gasteiger partial charge in [0.15, 0.2) is 0 Å². The van der Waals surface area contributed by atoms with Crippen molar-refractivity contribution in [2.24, 2.45) is 11.8 Å². The van der Waals surface area contributed by atoms with E-state index in [2.05, 4.69) is 10.3 Å². The lowest BCUT2D eigenvalue weighted by atomic mass is 9.91. The fourth-order valence-corrected chi connectivity index (χ4v) is 3.25. The smallest absolute Gasteiger partial charge is 0.321 e. The van der Waals surface area contributed by atoms with E-state index in [1.165, 1.54) is 0 Å². The standard InChI is InChI=1S/C17H21N3O3/c1-10-5-13(16(21)22)9-20(8-10)17(23)19-14-3-4-15-12(7-14)6-11(2)18-15/h3-4,6-7,10,13,18H,5,8-9H2,1-2H3,(H,19,23)(H,21,22). The first-order valence-corrected chi connectivity index (χ1v) is 7.80. The van der Waals surface area contributed by atoms with Crippen LogP contribution in [0.2, 0.25) is 0 Å². The number of aromatic amines is 1. The van der Waals surface area contributed by atoms with Crippen LogP contribution in [0, 0.1) is 18.8 Å². The average molecular weight is 315 g/mol. The number of nitrogens with one attached hydrogen (secondary N) is 2. The van der Waals surface area contributed by atoms with E-state index in [9.17, 15) is 14.7 Å². The Bertz CT molecular complexity index is 753. The molecule has 1 aliphatic rings. The molecule has 0 saturated carbocycles. The van der Waals surface area contributed by atoms with Crippen LogP contribution in [0.3, 0.4) is 0 Å². The van der Waals surface area contributed by atoms with Crippen molar-refractivity contribution >= 4 is 28.6 Å². The van der Waals surface area contributed by atoms with Crippen molar-refractivity contribution in [1.29, 1.82) is 0 Å². The van der Waals surface area contributed by atoms with Crippen LogP contribution < -0.4 is 5.32 Å². The third-order valence-electron chi connectivity index (χ3n) is 4.30. The topological polar surface area (TPSA) is 85.4 Å². The summed E-state index contributed by atoms with van der Waals surface area (Å²) in [6.07, 6.45) is 0.619. The van der Waals surface area contributed by atoms with Crippen molar-refractivity contribution in [3.63, 3.8) is 0 Å². The maximum atomic E-state index is 12.4. The number of nitrogens with zero attached hydrogens (tertiary/aromatic N) is 1. The number of likely N-dealkylation sites (tertiary alicyclic amines) is 1. The minimum Gasteiger partial charge on any atom is -0.481 e. The summed E-state index contributed by atoms with van der Waals surface area (Å²) >= 11 is 0. The number of H-pyrrole nitrogens is 1. The molecule has 3 N–H and O–H groups in total. The highest BCUT2D eigenvalue weighted by Crippen LogP contribution is 2.24. The summed E-state index contributed by atoms with van der Waals surface area (Å²) in [6, 6.07) is 7.47. The number of carbonyl (C=O) groups is 2. The molecule has 2 aromatic rings. The number of carboxylic acid groups (broad SMARTS) is 1. The molecular weight excluding hydrogens is 294 g/mol. The molecule has 6 nitrogen and oxygen atoms in total. The van der Waals surface area contributed by atoms with E-state index in [0.717, 1.165) is 16.6 Å². The molecule has 6 heteroatoms. The van der Waals surface area contributed by atoms with Crippen molar-refractivity contribution in [2.45, 2.75) is 20.3 Å². The molecule has 2 amide bonds. The van der Waals surface area contributed by atoms with E-state index in [-0.39, 0.29) is 18.5 Å². The molecule has 0 aliphatic carbocycles. The molecular formula is C17H21N3O3. The second-order valence-electron chi connectivity index (χ2n) is 6.47. The van der Waals surface area contributed by atoms with Gasteiger partial charge < -0.3 is 20.3 Å². The number of urea groups is 1. The first kappa shape index (κ1) is 15.4. The van der Waals surface area contributed by atoms with Crippen LogP contribution >= 0.6 is 0 Å². The van der Waals surface area contributed by atoms with Crippen molar-refractivity contribution in [3.8, 4) is 0 Å². The lowest BCUT2D eigenvalue weighted by Gasteiger charge is -2.34. The van der Waals surface area contributed by atoms with E-state index in [1.54, 1.807) is 4.90 Å². The van der Waals surface area contributed by atoms with Crippen LogP contribution in [0.1, 0.15) is 19.0 Å². The molecule has 1 aromatic carbocycles. The van der Waals surface area contributed by atoms with Crippen LogP contribution in [0.25, 0.3) is 10.9 Å². The SMILES string of the molecule is Cc1cc2cc(NC(=O)N3CC(C)CC(C(=O)O)C3)ccc2[nH]1. The van der Waals surface area contributed by atoms with Crippen LogP contribution in [-0.2, 0) is 4.79 Å². The Balaban J connectivity index is 1.72. The number of aromatic nitrogens is 1. The Labute approximate surface area is 134 Å². The maximum absolute atomic E-state index is 12.4. The number of aryl methyl sites for hydroxylation is 1. The number of amides is 2. The summed E-state index contributed by atoms with van der Waals surface area (Å²) in [5.41, 5.74) is 2.81. The zero-order valence-corrected chi connectivity index (χ0v) is 13.3. The van der Waals surface area contributed by atoms with Gasteiger partial charge in [-0.3, -0.25) is 4.79 Å². The summed E-state index contributed by atoms with van der Waals surface area (Å²) in [6.45, 7) is 4.81. The fraction of sp³-hybridized carbons (Fsp3) is 0.412. The lowest BCUT2D eigenvalue weighted by molar-refractivity contribution is -0.143. The fourth-order valence-electron chi connectivity index (χ4n) is 3.25. The zero-order chi connectivity index (χ0) is 16.6. The molecule has 1 fully saturated rings.